The lowest BCUT2D eigenvalue weighted by Gasteiger charge is -2.27. The topological polar surface area (TPSA) is 21.3 Å². The standard InChI is InChI=1S/C15H20F3NO/c1-3-19-14(13-8-9-20-10(13)2)11-4-6-12(7-5-11)15(16,17)18/h4-7,10,13-14,19H,3,8-9H2,1-2H3. The Balaban J connectivity index is 2.21. The van der Waals surface area contributed by atoms with Crippen molar-refractivity contribution in [3.63, 3.8) is 0 Å². The smallest absolute Gasteiger partial charge is 0.378 e. The van der Waals surface area contributed by atoms with Crippen LogP contribution in [0.5, 0.6) is 0 Å². The molecule has 0 radical (unpaired) electrons. The van der Waals surface area contributed by atoms with Crippen LogP contribution in [-0.4, -0.2) is 19.3 Å². The van der Waals surface area contributed by atoms with E-state index in [0.717, 1.165) is 30.7 Å². The molecule has 1 aliphatic heterocycles. The quantitative estimate of drug-likeness (QED) is 0.910. The minimum Gasteiger partial charge on any atom is -0.378 e. The van der Waals surface area contributed by atoms with Crippen LogP contribution in [-0.2, 0) is 10.9 Å². The number of alkyl halides is 3. The highest BCUT2D eigenvalue weighted by atomic mass is 19.4. The van der Waals surface area contributed by atoms with Gasteiger partial charge < -0.3 is 10.1 Å². The Kier molecular flexibility index (Phi) is 4.70. The number of hydrogen-bond donors (Lipinski definition) is 1. The van der Waals surface area contributed by atoms with Gasteiger partial charge in [0.05, 0.1) is 11.7 Å². The summed E-state index contributed by atoms with van der Waals surface area (Å²) in [6, 6.07) is 5.49. The highest BCUT2D eigenvalue weighted by molar-refractivity contribution is 5.27. The molecule has 2 nitrogen and oxygen atoms in total. The van der Waals surface area contributed by atoms with Crippen molar-refractivity contribution in [2.75, 3.05) is 13.2 Å². The molecule has 20 heavy (non-hydrogen) atoms. The predicted octanol–water partition coefficient (Wildman–Crippen LogP) is 3.78. The first-order valence-corrected chi connectivity index (χ1v) is 6.95. The fourth-order valence-corrected chi connectivity index (χ4v) is 2.80. The Labute approximate surface area is 117 Å². The van der Waals surface area contributed by atoms with Gasteiger partial charge in [0, 0.05) is 18.6 Å². The number of hydrogen-bond acceptors (Lipinski definition) is 2. The maximum absolute atomic E-state index is 12.6. The second kappa shape index (κ2) is 6.14. The van der Waals surface area contributed by atoms with Crippen LogP contribution >= 0.6 is 0 Å². The molecular formula is C15H20F3NO. The fraction of sp³-hybridized carbons (Fsp3) is 0.600. The van der Waals surface area contributed by atoms with Gasteiger partial charge in [0.25, 0.3) is 0 Å². The third-order valence-electron chi connectivity index (χ3n) is 3.88. The first-order valence-electron chi connectivity index (χ1n) is 6.95. The lowest BCUT2D eigenvalue weighted by Crippen LogP contribution is -2.31. The monoisotopic (exact) mass is 287 g/mol. The second-order valence-electron chi connectivity index (χ2n) is 5.18. The van der Waals surface area contributed by atoms with E-state index in [1.165, 1.54) is 0 Å². The zero-order valence-electron chi connectivity index (χ0n) is 11.7. The van der Waals surface area contributed by atoms with Crippen LogP contribution in [0.25, 0.3) is 0 Å². The molecule has 0 amide bonds. The van der Waals surface area contributed by atoms with Gasteiger partial charge in [-0.05, 0) is 37.6 Å². The molecule has 0 aromatic heterocycles. The van der Waals surface area contributed by atoms with Gasteiger partial charge in [-0.3, -0.25) is 0 Å². The molecule has 112 valence electrons. The number of halogens is 3. The molecule has 1 fully saturated rings. The predicted molar refractivity (Wildman–Crippen MR) is 71.4 cm³/mol. The first kappa shape index (κ1) is 15.3. The van der Waals surface area contributed by atoms with E-state index in [1.807, 2.05) is 13.8 Å². The Bertz CT molecular complexity index is 430. The van der Waals surface area contributed by atoms with Crippen LogP contribution < -0.4 is 5.32 Å². The molecular weight excluding hydrogens is 267 g/mol. The van der Waals surface area contributed by atoms with Gasteiger partial charge in [0.1, 0.15) is 0 Å². The van der Waals surface area contributed by atoms with E-state index in [1.54, 1.807) is 12.1 Å². The van der Waals surface area contributed by atoms with E-state index in [2.05, 4.69) is 5.32 Å². The van der Waals surface area contributed by atoms with Crippen molar-refractivity contribution in [1.82, 2.24) is 5.32 Å². The van der Waals surface area contributed by atoms with Gasteiger partial charge in [-0.25, -0.2) is 0 Å². The van der Waals surface area contributed by atoms with Crippen molar-refractivity contribution >= 4 is 0 Å². The minimum atomic E-state index is -4.28. The largest absolute Gasteiger partial charge is 0.416 e. The lowest BCUT2D eigenvalue weighted by molar-refractivity contribution is -0.137. The van der Waals surface area contributed by atoms with E-state index in [0.29, 0.717) is 12.5 Å². The second-order valence-corrected chi connectivity index (χ2v) is 5.18. The highest BCUT2D eigenvalue weighted by Gasteiger charge is 2.34. The molecule has 1 aliphatic rings. The molecule has 3 atom stereocenters. The Morgan fingerprint density at radius 2 is 1.95 bits per heavy atom. The molecule has 1 aromatic rings. The maximum Gasteiger partial charge on any atom is 0.416 e. The molecule has 1 aromatic carbocycles. The number of rotatable bonds is 4. The van der Waals surface area contributed by atoms with E-state index in [4.69, 9.17) is 4.74 Å². The molecule has 3 unspecified atom stereocenters. The lowest BCUT2D eigenvalue weighted by atomic mass is 9.88. The molecule has 5 heteroatoms. The third kappa shape index (κ3) is 3.33. The summed E-state index contributed by atoms with van der Waals surface area (Å²) in [5, 5.41) is 3.37. The van der Waals surface area contributed by atoms with Crippen molar-refractivity contribution in [2.24, 2.45) is 5.92 Å². The van der Waals surface area contributed by atoms with E-state index >= 15 is 0 Å². The van der Waals surface area contributed by atoms with E-state index < -0.39 is 11.7 Å². The summed E-state index contributed by atoms with van der Waals surface area (Å²) in [4.78, 5) is 0. The zero-order valence-corrected chi connectivity index (χ0v) is 11.7. The van der Waals surface area contributed by atoms with Gasteiger partial charge in [0.15, 0.2) is 0 Å². The Morgan fingerprint density at radius 3 is 2.40 bits per heavy atom. The molecule has 1 N–H and O–H groups in total. The molecule has 1 heterocycles. The molecule has 2 rings (SSSR count). The van der Waals surface area contributed by atoms with Gasteiger partial charge in [-0.2, -0.15) is 13.2 Å². The maximum atomic E-state index is 12.6. The highest BCUT2D eigenvalue weighted by Crippen LogP contribution is 2.35. The van der Waals surface area contributed by atoms with E-state index in [-0.39, 0.29) is 12.1 Å². The fourth-order valence-electron chi connectivity index (χ4n) is 2.80. The average Bonchev–Trinajstić information content (AvgIpc) is 2.81. The molecule has 0 aliphatic carbocycles. The van der Waals surface area contributed by atoms with Gasteiger partial charge in [-0.1, -0.05) is 19.1 Å². The normalized spacial score (nSPS) is 24.9. The number of benzene rings is 1. The van der Waals surface area contributed by atoms with Crippen molar-refractivity contribution in [3.8, 4) is 0 Å². The molecule has 0 saturated carbocycles. The van der Waals surface area contributed by atoms with Gasteiger partial charge in [0.2, 0.25) is 0 Å². The van der Waals surface area contributed by atoms with Crippen LogP contribution in [0.2, 0.25) is 0 Å². The van der Waals surface area contributed by atoms with Crippen molar-refractivity contribution in [1.29, 1.82) is 0 Å². The zero-order chi connectivity index (χ0) is 14.8. The molecule has 0 spiro atoms. The number of nitrogens with one attached hydrogen (secondary N) is 1. The number of ether oxygens (including phenoxy) is 1. The average molecular weight is 287 g/mol. The van der Waals surface area contributed by atoms with Crippen LogP contribution in [0.4, 0.5) is 13.2 Å². The summed E-state index contributed by atoms with van der Waals surface area (Å²) in [7, 11) is 0. The van der Waals surface area contributed by atoms with E-state index in [9.17, 15) is 13.2 Å². The summed E-state index contributed by atoms with van der Waals surface area (Å²) in [5.74, 6) is 0.298. The Morgan fingerprint density at radius 1 is 1.30 bits per heavy atom. The van der Waals surface area contributed by atoms with Gasteiger partial charge in [-0.15, -0.1) is 0 Å². The van der Waals surface area contributed by atoms with Crippen molar-refractivity contribution in [2.45, 2.75) is 38.6 Å². The summed E-state index contributed by atoms with van der Waals surface area (Å²) in [6.45, 7) is 5.51. The van der Waals surface area contributed by atoms with Gasteiger partial charge >= 0.3 is 6.18 Å². The summed E-state index contributed by atoms with van der Waals surface area (Å²) >= 11 is 0. The van der Waals surface area contributed by atoms with Crippen LogP contribution in [0.15, 0.2) is 24.3 Å². The van der Waals surface area contributed by atoms with Crippen LogP contribution in [0.1, 0.15) is 37.4 Å². The van der Waals surface area contributed by atoms with Crippen molar-refractivity contribution < 1.29 is 17.9 Å². The first-order chi connectivity index (χ1) is 9.43. The van der Waals surface area contributed by atoms with Crippen molar-refractivity contribution in [3.05, 3.63) is 35.4 Å². The van der Waals surface area contributed by atoms with Crippen LogP contribution in [0.3, 0.4) is 0 Å². The third-order valence-corrected chi connectivity index (χ3v) is 3.88. The summed E-state index contributed by atoms with van der Waals surface area (Å²) in [5.41, 5.74) is 0.286. The molecule has 1 saturated heterocycles. The summed E-state index contributed by atoms with van der Waals surface area (Å²) < 4.78 is 43.4. The van der Waals surface area contributed by atoms with Crippen LogP contribution in [0, 0.1) is 5.92 Å². The minimum absolute atomic E-state index is 0.0415. The summed E-state index contributed by atoms with van der Waals surface area (Å²) in [6.07, 6.45) is -3.23. The Hall–Kier alpha value is -1.07. The SMILES string of the molecule is CCNC(c1ccc(C(F)(F)F)cc1)C1CCOC1C. The molecule has 0 bridgehead atoms.